The SMILES string of the molecule is O=C(C=Cc1cccc([N+](=O)[O-])c1)NC(=S)Nc1ccc(C(=O)O)cc1. The number of rotatable bonds is 5. The third-order valence-electron chi connectivity index (χ3n) is 3.13. The van der Waals surface area contributed by atoms with Crippen molar-refractivity contribution in [1.29, 1.82) is 0 Å². The summed E-state index contributed by atoms with van der Waals surface area (Å²) in [6.07, 6.45) is 2.62. The summed E-state index contributed by atoms with van der Waals surface area (Å²) in [5, 5.41) is 24.7. The van der Waals surface area contributed by atoms with Crippen LogP contribution in [0.4, 0.5) is 11.4 Å². The maximum Gasteiger partial charge on any atom is 0.335 e. The Balaban J connectivity index is 1.92. The number of carbonyl (C=O) groups is 2. The summed E-state index contributed by atoms with van der Waals surface area (Å²) >= 11 is 5.00. The average Bonchev–Trinajstić information content (AvgIpc) is 2.60. The lowest BCUT2D eigenvalue weighted by Gasteiger charge is -2.08. The number of benzene rings is 2. The van der Waals surface area contributed by atoms with Crippen LogP contribution in [-0.4, -0.2) is 27.0 Å². The molecule has 3 N–H and O–H groups in total. The van der Waals surface area contributed by atoms with Crippen LogP contribution in [-0.2, 0) is 4.79 Å². The first-order chi connectivity index (χ1) is 12.3. The van der Waals surface area contributed by atoms with Gasteiger partial charge in [0.1, 0.15) is 0 Å². The number of nitro benzene ring substituents is 1. The molecule has 0 atom stereocenters. The van der Waals surface area contributed by atoms with Crippen molar-refractivity contribution in [3.05, 3.63) is 75.8 Å². The highest BCUT2D eigenvalue weighted by atomic mass is 32.1. The number of nitrogens with one attached hydrogen (secondary N) is 2. The van der Waals surface area contributed by atoms with Crippen LogP contribution in [0.15, 0.2) is 54.6 Å². The molecular formula is C17H13N3O5S. The highest BCUT2D eigenvalue weighted by Crippen LogP contribution is 2.14. The Morgan fingerprint density at radius 3 is 2.46 bits per heavy atom. The molecule has 0 aromatic heterocycles. The van der Waals surface area contributed by atoms with Crippen LogP contribution in [0, 0.1) is 10.1 Å². The molecule has 132 valence electrons. The number of carbonyl (C=O) groups excluding carboxylic acids is 1. The number of hydrogen-bond donors (Lipinski definition) is 3. The summed E-state index contributed by atoms with van der Waals surface area (Å²) in [6.45, 7) is 0. The molecule has 2 rings (SSSR count). The van der Waals surface area contributed by atoms with Crippen molar-refractivity contribution in [1.82, 2.24) is 5.32 Å². The van der Waals surface area contributed by atoms with Gasteiger partial charge in [0.2, 0.25) is 5.91 Å². The van der Waals surface area contributed by atoms with E-state index < -0.39 is 16.8 Å². The first-order valence-corrected chi connectivity index (χ1v) is 7.64. The molecule has 0 saturated heterocycles. The molecule has 1 amide bonds. The van der Waals surface area contributed by atoms with Crippen LogP contribution >= 0.6 is 12.2 Å². The molecule has 0 aliphatic carbocycles. The number of amides is 1. The zero-order chi connectivity index (χ0) is 19.1. The molecule has 0 aliphatic rings. The molecule has 0 bridgehead atoms. The number of anilines is 1. The van der Waals surface area contributed by atoms with Crippen LogP contribution in [0.2, 0.25) is 0 Å². The van der Waals surface area contributed by atoms with Gasteiger partial charge in [0.05, 0.1) is 10.5 Å². The van der Waals surface area contributed by atoms with Gasteiger partial charge in [-0.1, -0.05) is 12.1 Å². The Hall–Kier alpha value is -3.59. The van der Waals surface area contributed by atoms with E-state index in [1.807, 2.05) is 0 Å². The van der Waals surface area contributed by atoms with Crippen molar-refractivity contribution in [2.24, 2.45) is 0 Å². The van der Waals surface area contributed by atoms with E-state index in [-0.39, 0.29) is 16.4 Å². The second-order valence-corrected chi connectivity index (χ2v) is 5.42. The van der Waals surface area contributed by atoms with E-state index in [1.165, 1.54) is 54.6 Å². The highest BCUT2D eigenvalue weighted by molar-refractivity contribution is 7.80. The van der Waals surface area contributed by atoms with Crippen LogP contribution in [0.3, 0.4) is 0 Å². The molecule has 9 heteroatoms. The predicted molar refractivity (Wildman–Crippen MR) is 99.9 cm³/mol. The highest BCUT2D eigenvalue weighted by Gasteiger charge is 2.06. The molecule has 0 unspecified atom stereocenters. The second-order valence-electron chi connectivity index (χ2n) is 5.01. The number of nitro groups is 1. The van der Waals surface area contributed by atoms with E-state index in [4.69, 9.17) is 17.3 Å². The second kappa shape index (κ2) is 8.49. The third kappa shape index (κ3) is 5.49. The fraction of sp³-hybridized carbons (Fsp3) is 0. The van der Waals surface area contributed by atoms with Gasteiger partial charge >= 0.3 is 5.97 Å². The lowest BCUT2D eigenvalue weighted by Crippen LogP contribution is -2.32. The Bertz CT molecular complexity index is 894. The van der Waals surface area contributed by atoms with Crippen molar-refractivity contribution in [2.45, 2.75) is 0 Å². The fourth-order valence-electron chi connectivity index (χ4n) is 1.93. The predicted octanol–water partition coefficient (Wildman–Crippen LogP) is 2.82. The van der Waals surface area contributed by atoms with Gasteiger partial charge in [0.25, 0.3) is 5.69 Å². The molecular weight excluding hydrogens is 358 g/mol. The van der Waals surface area contributed by atoms with Crippen molar-refractivity contribution < 1.29 is 19.6 Å². The standard InChI is InChI=1S/C17H13N3O5S/c21-15(9-4-11-2-1-3-14(10-11)20(24)25)19-17(26)18-13-7-5-12(6-8-13)16(22)23/h1-10H,(H,22,23)(H2,18,19,21,26). The van der Waals surface area contributed by atoms with Crippen LogP contribution in [0.5, 0.6) is 0 Å². The van der Waals surface area contributed by atoms with Gasteiger partial charge < -0.3 is 10.4 Å². The Labute approximate surface area is 153 Å². The summed E-state index contributed by atoms with van der Waals surface area (Å²) in [6, 6.07) is 11.7. The van der Waals surface area contributed by atoms with Crippen LogP contribution in [0.25, 0.3) is 6.08 Å². The Morgan fingerprint density at radius 1 is 1.15 bits per heavy atom. The summed E-state index contributed by atoms with van der Waals surface area (Å²) in [4.78, 5) is 32.8. The van der Waals surface area contributed by atoms with E-state index in [9.17, 15) is 19.7 Å². The number of non-ortho nitro benzene ring substituents is 1. The number of hydrogen-bond acceptors (Lipinski definition) is 5. The lowest BCUT2D eigenvalue weighted by molar-refractivity contribution is -0.384. The maximum atomic E-state index is 11.8. The van der Waals surface area contributed by atoms with E-state index in [1.54, 1.807) is 6.07 Å². The van der Waals surface area contributed by atoms with Crippen molar-refractivity contribution >= 4 is 46.7 Å². The summed E-state index contributed by atoms with van der Waals surface area (Å²) in [7, 11) is 0. The molecule has 0 saturated carbocycles. The normalized spacial score (nSPS) is 10.3. The van der Waals surface area contributed by atoms with Gasteiger partial charge in [0.15, 0.2) is 5.11 Å². The molecule has 0 radical (unpaired) electrons. The largest absolute Gasteiger partial charge is 0.478 e. The van der Waals surface area contributed by atoms with Crippen LogP contribution in [0.1, 0.15) is 15.9 Å². The summed E-state index contributed by atoms with van der Waals surface area (Å²) < 4.78 is 0. The summed E-state index contributed by atoms with van der Waals surface area (Å²) in [5.41, 5.74) is 1.07. The van der Waals surface area contributed by atoms with Crippen molar-refractivity contribution in [3.8, 4) is 0 Å². The quantitative estimate of drug-likeness (QED) is 0.320. The van der Waals surface area contributed by atoms with Gasteiger partial charge in [0, 0.05) is 23.9 Å². The fourth-order valence-corrected chi connectivity index (χ4v) is 2.14. The number of carboxylic acids is 1. The van der Waals surface area contributed by atoms with Gasteiger partial charge in [-0.2, -0.15) is 0 Å². The molecule has 0 aliphatic heterocycles. The number of carboxylic acid groups (broad SMARTS) is 1. The topological polar surface area (TPSA) is 122 Å². The lowest BCUT2D eigenvalue weighted by atomic mass is 10.2. The van der Waals surface area contributed by atoms with Gasteiger partial charge in [-0.05, 0) is 48.1 Å². The molecule has 2 aromatic carbocycles. The Morgan fingerprint density at radius 2 is 1.85 bits per heavy atom. The van der Waals surface area contributed by atoms with Gasteiger partial charge in [-0.3, -0.25) is 20.2 Å². The molecule has 8 nitrogen and oxygen atoms in total. The van der Waals surface area contributed by atoms with E-state index in [2.05, 4.69) is 10.6 Å². The van der Waals surface area contributed by atoms with Crippen molar-refractivity contribution in [2.75, 3.05) is 5.32 Å². The van der Waals surface area contributed by atoms with Gasteiger partial charge in [-0.15, -0.1) is 0 Å². The minimum absolute atomic E-state index is 0.0294. The number of nitrogens with zero attached hydrogens (tertiary/aromatic N) is 1. The van der Waals surface area contributed by atoms with Gasteiger partial charge in [-0.25, -0.2) is 4.79 Å². The minimum Gasteiger partial charge on any atom is -0.478 e. The molecule has 26 heavy (non-hydrogen) atoms. The van der Waals surface area contributed by atoms with E-state index in [0.29, 0.717) is 11.3 Å². The first-order valence-electron chi connectivity index (χ1n) is 7.23. The molecule has 2 aromatic rings. The molecule has 0 fully saturated rings. The van der Waals surface area contributed by atoms with E-state index >= 15 is 0 Å². The zero-order valence-corrected chi connectivity index (χ0v) is 14.0. The Kier molecular flexibility index (Phi) is 6.12. The maximum absolute atomic E-state index is 11.8. The van der Waals surface area contributed by atoms with Crippen LogP contribution < -0.4 is 10.6 Å². The molecule has 0 spiro atoms. The smallest absolute Gasteiger partial charge is 0.335 e. The van der Waals surface area contributed by atoms with Crippen molar-refractivity contribution in [3.63, 3.8) is 0 Å². The van der Waals surface area contributed by atoms with E-state index in [0.717, 1.165) is 0 Å². The number of aromatic carboxylic acids is 1. The monoisotopic (exact) mass is 371 g/mol. The minimum atomic E-state index is -1.04. The third-order valence-corrected chi connectivity index (χ3v) is 3.34. The zero-order valence-electron chi connectivity index (χ0n) is 13.2. The average molecular weight is 371 g/mol. The number of thiocarbonyl (C=S) groups is 1. The molecule has 0 heterocycles. The first kappa shape index (κ1) is 18.7. The summed E-state index contributed by atoms with van der Waals surface area (Å²) in [5.74, 6) is -1.56.